The van der Waals surface area contributed by atoms with Crippen LogP contribution in [0.3, 0.4) is 0 Å². The lowest BCUT2D eigenvalue weighted by Gasteiger charge is -2.28. The van der Waals surface area contributed by atoms with Gasteiger partial charge in [0.15, 0.2) is 11.5 Å². The molecule has 0 spiro atoms. The molecular weight excluding hydrogens is 534 g/mol. The number of ether oxygens (including phenoxy) is 6. The molecule has 11 nitrogen and oxygen atoms in total. The lowest BCUT2D eigenvalue weighted by Crippen LogP contribution is -2.51. The van der Waals surface area contributed by atoms with E-state index in [4.69, 9.17) is 34.2 Å². The van der Waals surface area contributed by atoms with Gasteiger partial charge in [-0.2, -0.15) is 0 Å². The molecule has 0 saturated carbocycles. The number of hydrogen-bond donors (Lipinski definition) is 1. The van der Waals surface area contributed by atoms with Crippen LogP contribution in [0.15, 0.2) is 18.2 Å². The number of carbonyl (C=O) groups is 4. The van der Waals surface area contributed by atoms with Crippen LogP contribution in [0.4, 0.5) is 9.59 Å². The Morgan fingerprint density at radius 2 is 1.27 bits per heavy atom. The highest BCUT2D eigenvalue weighted by Gasteiger charge is 2.37. The van der Waals surface area contributed by atoms with Crippen LogP contribution < -0.4 is 15.2 Å². The molecule has 0 saturated heterocycles. The lowest BCUT2D eigenvalue weighted by molar-refractivity contribution is -0.157. The summed E-state index contributed by atoms with van der Waals surface area (Å²) in [5.74, 6) is -1.38. The van der Waals surface area contributed by atoms with Gasteiger partial charge in [0.1, 0.15) is 16.7 Å². The minimum absolute atomic E-state index is 0.0369. The average molecular weight is 582 g/mol. The van der Waals surface area contributed by atoms with Crippen molar-refractivity contribution in [2.45, 2.75) is 111 Å². The van der Waals surface area contributed by atoms with E-state index >= 15 is 0 Å². The molecule has 1 rings (SSSR count). The van der Waals surface area contributed by atoms with E-state index in [1.807, 2.05) is 20.8 Å². The first-order valence-electron chi connectivity index (χ1n) is 13.8. The van der Waals surface area contributed by atoms with E-state index in [0.717, 1.165) is 0 Å². The number of benzene rings is 1. The Balaban J connectivity index is 3.30. The highest BCUT2D eigenvalue weighted by atomic mass is 16.8. The fourth-order valence-corrected chi connectivity index (χ4v) is 3.14. The third-order valence-electron chi connectivity index (χ3n) is 7.15. The van der Waals surface area contributed by atoms with Gasteiger partial charge in [0, 0.05) is 12.8 Å². The van der Waals surface area contributed by atoms with Gasteiger partial charge in [0.25, 0.3) is 0 Å². The van der Waals surface area contributed by atoms with Crippen molar-refractivity contribution in [3.05, 3.63) is 23.8 Å². The molecule has 232 valence electrons. The zero-order chi connectivity index (χ0) is 31.6. The minimum atomic E-state index is -1.58. The maximum Gasteiger partial charge on any atom is 0.514 e. The van der Waals surface area contributed by atoms with Crippen molar-refractivity contribution in [2.75, 3.05) is 13.7 Å². The van der Waals surface area contributed by atoms with Gasteiger partial charge in [-0.05, 0) is 78.5 Å². The first kappa shape index (κ1) is 35.7. The fraction of sp³-hybridized carbons (Fsp3) is 0.667. The van der Waals surface area contributed by atoms with Gasteiger partial charge >= 0.3 is 24.2 Å². The topological polar surface area (TPSA) is 150 Å². The Bertz CT molecular complexity index is 1080. The number of methoxy groups -OCH3 is 1. The maximum atomic E-state index is 12.7. The van der Waals surface area contributed by atoms with Gasteiger partial charge in [0.2, 0.25) is 0 Å². The summed E-state index contributed by atoms with van der Waals surface area (Å²) >= 11 is 0. The summed E-state index contributed by atoms with van der Waals surface area (Å²) in [6.07, 6.45) is -0.470. The van der Waals surface area contributed by atoms with E-state index in [0.29, 0.717) is 24.8 Å². The zero-order valence-electron chi connectivity index (χ0n) is 26.1. The molecule has 1 atom stereocenters. The van der Waals surface area contributed by atoms with E-state index in [9.17, 15) is 19.2 Å². The van der Waals surface area contributed by atoms with E-state index in [-0.39, 0.29) is 30.9 Å². The van der Waals surface area contributed by atoms with Gasteiger partial charge in [0.05, 0.1) is 19.1 Å². The van der Waals surface area contributed by atoms with Gasteiger partial charge < -0.3 is 34.2 Å². The highest BCUT2D eigenvalue weighted by Crippen LogP contribution is 2.32. The predicted octanol–water partition coefficient (Wildman–Crippen LogP) is 5.88. The third-order valence-corrected chi connectivity index (χ3v) is 7.15. The Morgan fingerprint density at radius 3 is 1.73 bits per heavy atom. The standard InChI is InChI=1S/C30H47NO10/c1-11-27(4,5)23(32)37-17-16-30(31,24(33)36-10)19-20-14-15-21(38-25(34)40-28(6,7)12-2)22(18-20)39-26(35)41-29(8,9)13-3/h14-15,18H,11-13,16-17,19,31H2,1-10H3/t30-/m1/s1. The molecule has 11 heteroatoms. The van der Waals surface area contributed by atoms with Crippen molar-refractivity contribution in [1.29, 1.82) is 0 Å². The van der Waals surface area contributed by atoms with E-state index < -0.39 is 46.4 Å². The Hall–Kier alpha value is -3.34. The van der Waals surface area contributed by atoms with Crippen molar-refractivity contribution in [1.82, 2.24) is 0 Å². The second-order valence-corrected chi connectivity index (χ2v) is 11.9. The van der Waals surface area contributed by atoms with Crippen LogP contribution in [0.2, 0.25) is 0 Å². The molecule has 0 fully saturated rings. The smallest absolute Gasteiger partial charge is 0.468 e. The largest absolute Gasteiger partial charge is 0.514 e. The van der Waals surface area contributed by atoms with Crippen molar-refractivity contribution in [3.63, 3.8) is 0 Å². The highest BCUT2D eigenvalue weighted by molar-refractivity contribution is 5.81. The molecule has 0 unspecified atom stereocenters. The summed E-state index contributed by atoms with van der Waals surface area (Å²) in [5, 5.41) is 0. The van der Waals surface area contributed by atoms with Gasteiger partial charge in [-0.1, -0.05) is 26.8 Å². The van der Waals surface area contributed by atoms with Crippen molar-refractivity contribution < 1.29 is 47.6 Å². The summed E-state index contributed by atoms with van der Waals surface area (Å²) in [4.78, 5) is 50.2. The van der Waals surface area contributed by atoms with Crippen LogP contribution in [0.25, 0.3) is 0 Å². The fourth-order valence-electron chi connectivity index (χ4n) is 3.14. The van der Waals surface area contributed by atoms with Crippen LogP contribution in [0.5, 0.6) is 11.5 Å². The number of carbonyl (C=O) groups excluding carboxylic acids is 4. The van der Waals surface area contributed by atoms with Crippen molar-refractivity contribution >= 4 is 24.2 Å². The second-order valence-electron chi connectivity index (χ2n) is 11.9. The van der Waals surface area contributed by atoms with Crippen LogP contribution >= 0.6 is 0 Å². The molecule has 0 amide bonds. The van der Waals surface area contributed by atoms with E-state index in [2.05, 4.69) is 0 Å². The van der Waals surface area contributed by atoms with Crippen molar-refractivity contribution in [3.8, 4) is 11.5 Å². The second kappa shape index (κ2) is 14.5. The molecule has 0 radical (unpaired) electrons. The Morgan fingerprint density at radius 1 is 0.756 bits per heavy atom. The average Bonchev–Trinajstić information content (AvgIpc) is 2.88. The molecule has 0 heterocycles. The molecule has 2 N–H and O–H groups in total. The lowest BCUT2D eigenvalue weighted by atomic mass is 9.88. The number of hydrogen-bond acceptors (Lipinski definition) is 11. The van der Waals surface area contributed by atoms with Crippen LogP contribution in [0.1, 0.15) is 93.6 Å². The number of rotatable bonds is 14. The molecule has 0 aromatic heterocycles. The quantitative estimate of drug-likeness (QED) is 0.159. The third kappa shape index (κ3) is 11.2. The molecule has 0 aliphatic rings. The minimum Gasteiger partial charge on any atom is -0.468 e. The Kier molecular flexibility index (Phi) is 12.6. The summed E-state index contributed by atoms with van der Waals surface area (Å²) in [6.45, 7) is 15.9. The molecule has 0 bridgehead atoms. The first-order chi connectivity index (χ1) is 18.8. The monoisotopic (exact) mass is 581 g/mol. The Labute approximate surface area is 243 Å². The molecular formula is C30H47NO10. The molecule has 0 aliphatic carbocycles. The summed E-state index contributed by atoms with van der Waals surface area (Å²) in [7, 11) is 1.20. The van der Waals surface area contributed by atoms with Crippen LogP contribution in [-0.2, 0) is 35.0 Å². The number of nitrogens with two attached hydrogens (primary N) is 1. The van der Waals surface area contributed by atoms with Crippen LogP contribution in [-0.4, -0.2) is 54.7 Å². The predicted molar refractivity (Wildman–Crippen MR) is 152 cm³/mol. The van der Waals surface area contributed by atoms with E-state index in [1.165, 1.54) is 19.2 Å². The normalized spacial score (nSPS) is 13.4. The van der Waals surface area contributed by atoms with Gasteiger partial charge in [-0.3, -0.25) is 9.59 Å². The van der Waals surface area contributed by atoms with Gasteiger partial charge in [-0.15, -0.1) is 0 Å². The zero-order valence-corrected chi connectivity index (χ0v) is 26.1. The van der Waals surface area contributed by atoms with Gasteiger partial charge in [-0.25, -0.2) is 9.59 Å². The molecule has 1 aromatic rings. The van der Waals surface area contributed by atoms with Crippen LogP contribution in [0, 0.1) is 5.41 Å². The maximum absolute atomic E-state index is 12.7. The molecule has 0 aliphatic heterocycles. The number of esters is 2. The molecule has 1 aromatic carbocycles. The summed E-state index contributed by atoms with van der Waals surface area (Å²) in [5.41, 5.74) is 3.06. The summed E-state index contributed by atoms with van der Waals surface area (Å²) < 4.78 is 31.8. The molecule has 41 heavy (non-hydrogen) atoms. The SMILES string of the molecule is CCC(C)(C)OC(=O)Oc1ccc(C[C@](N)(CCOC(=O)C(C)(C)CC)C(=O)OC)cc1OC(=O)OC(C)(C)CC. The first-order valence-corrected chi connectivity index (χ1v) is 13.8. The van der Waals surface area contributed by atoms with Crippen molar-refractivity contribution in [2.24, 2.45) is 11.1 Å². The summed E-state index contributed by atoms with van der Waals surface area (Å²) in [6, 6.07) is 4.35. The van der Waals surface area contributed by atoms with E-state index in [1.54, 1.807) is 47.6 Å².